The van der Waals surface area contributed by atoms with Crippen LogP contribution in [0.2, 0.25) is 5.22 Å². The molecule has 2 heterocycles. The lowest BCUT2D eigenvalue weighted by atomic mass is 10.1. The molecule has 0 aliphatic carbocycles. The van der Waals surface area contributed by atoms with E-state index in [2.05, 4.69) is 13.8 Å². The van der Waals surface area contributed by atoms with E-state index >= 15 is 0 Å². The van der Waals surface area contributed by atoms with E-state index in [4.69, 9.17) is 16.0 Å². The van der Waals surface area contributed by atoms with Crippen LogP contribution in [0.15, 0.2) is 16.7 Å². The van der Waals surface area contributed by atoms with E-state index in [1.54, 1.807) is 6.07 Å². The Balaban J connectivity index is 2.24. The second-order valence-corrected chi connectivity index (χ2v) is 4.65. The van der Waals surface area contributed by atoms with Crippen molar-refractivity contribution >= 4 is 17.5 Å². The molecule has 1 aromatic heterocycles. The summed E-state index contributed by atoms with van der Waals surface area (Å²) in [4.78, 5) is 14.2. The van der Waals surface area contributed by atoms with Gasteiger partial charge in [0.15, 0.2) is 0 Å². The van der Waals surface area contributed by atoms with Crippen molar-refractivity contribution in [3.05, 3.63) is 23.1 Å². The fraction of sp³-hybridized carbons (Fsp3) is 0.583. The molecule has 0 spiro atoms. The van der Waals surface area contributed by atoms with Crippen LogP contribution in [-0.4, -0.2) is 22.9 Å². The number of carbonyl (C=O) groups is 1. The highest BCUT2D eigenvalue weighted by Gasteiger charge is 2.34. The van der Waals surface area contributed by atoms with Crippen molar-refractivity contribution in [1.82, 2.24) is 4.90 Å². The molecule has 1 fully saturated rings. The van der Waals surface area contributed by atoms with Crippen LogP contribution in [0.4, 0.5) is 0 Å². The van der Waals surface area contributed by atoms with Crippen LogP contribution in [0.3, 0.4) is 0 Å². The van der Waals surface area contributed by atoms with Crippen molar-refractivity contribution in [2.24, 2.45) is 0 Å². The Kier molecular flexibility index (Phi) is 3.24. The van der Waals surface area contributed by atoms with Crippen LogP contribution in [0.25, 0.3) is 0 Å². The minimum Gasteiger partial charge on any atom is -0.452 e. The maximum Gasteiger partial charge on any atom is 0.259 e. The second kappa shape index (κ2) is 4.50. The van der Waals surface area contributed by atoms with Gasteiger partial charge in [0.25, 0.3) is 5.91 Å². The van der Waals surface area contributed by atoms with Gasteiger partial charge < -0.3 is 9.32 Å². The van der Waals surface area contributed by atoms with Gasteiger partial charge in [0.05, 0.1) is 11.8 Å². The number of furan rings is 1. The summed E-state index contributed by atoms with van der Waals surface area (Å²) in [5.74, 6) is -0.00407. The molecule has 3 nitrogen and oxygen atoms in total. The Morgan fingerprint density at radius 1 is 1.62 bits per heavy atom. The highest BCUT2D eigenvalue weighted by Crippen LogP contribution is 2.29. The van der Waals surface area contributed by atoms with Crippen LogP contribution in [-0.2, 0) is 0 Å². The first-order valence-electron chi connectivity index (χ1n) is 5.70. The predicted octanol–water partition coefficient (Wildman–Crippen LogP) is 3.34. The fourth-order valence-corrected chi connectivity index (χ4v) is 2.62. The zero-order valence-corrected chi connectivity index (χ0v) is 10.3. The van der Waals surface area contributed by atoms with Crippen molar-refractivity contribution in [3.8, 4) is 0 Å². The highest BCUT2D eigenvalue weighted by molar-refractivity contribution is 6.32. The first-order chi connectivity index (χ1) is 7.65. The molecule has 0 N–H and O–H groups in total. The van der Waals surface area contributed by atoms with Crippen LogP contribution in [0, 0.1) is 0 Å². The second-order valence-electron chi connectivity index (χ2n) is 4.31. The van der Waals surface area contributed by atoms with Gasteiger partial charge in [0.1, 0.15) is 0 Å². The predicted molar refractivity (Wildman–Crippen MR) is 62.7 cm³/mol. The van der Waals surface area contributed by atoms with Crippen LogP contribution in [0.1, 0.15) is 43.5 Å². The molecule has 0 bridgehead atoms. The lowest BCUT2D eigenvalue weighted by Crippen LogP contribution is -2.39. The van der Waals surface area contributed by atoms with Gasteiger partial charge in [-0.05, 0) is 43.9 Å². The average molecular weight is 242 g/mol. The summed E-state index contributed by atoms with van der Waals surface area (Å²) in [5, 5.41) is 0.193. The van der Waals surface area contributed by atoms with Gasteiger partial charge in [-0.25, -0.2) is 0 Å². The zero-order valence-electron chi connectivity index (χ0n) is 9.57. The Hall–Kier alpha value is -0.960. The van der Waals surface area contributed by atoms with E-state index < -0.39 is 0 Å². The third-order valence-corrected chi connectivity index (χ3v) is 3.63. The Morgan fingerprint density at radius 3 is 2.94 bits per heavy atom. The van der Waals surface area contributed by atoms with E-state index in [-0.39, 0.29) is 11.1 Å². The van der Waals surface area contributed by atoms with Gasteiger partial charge in [-0.1, -0.05) is 6.92 Å². The van der Waals surface area contributed by atoms with Crippen molar-refractivity contribution in [3.63, 3.8) is 0 Å². The number of likely N-dealkylation sites (tertiary alicyclic amines) is 1. The highest BCUT2D eigenvalue weighted by atomic mass is 35.5. The minimum atomic E-state index is -0.00407. The topological polar surface area (TPSA) is 33.5 Å². The number of hydrogen-bond donors (Lipinski definition) is 0. The monoisotopic (exact) mass is 241 g/mol. The molecule has 2 rings (SSSR count). The number of nitrogens with zero attached hydrogens (tertiary/aromatic N) is 1. The average Bonchev–Trinajstić information content (AvgIpc) is 2.83. The molecular formula is C12H16ClNO2. The summed E-state index contributed by atoms with van der Waals surface area (Å²) in [6.07, 6.45) is 4.60. The molecule has 1 aromatic rings. The molecule has 16 heavy (non-hydrogen) atoms. The molecular weight excluding hydrogens is 226 g/mol. The zero-order chi connectivity index (χ0) is 11.7. The lowest BCUT2D eigenvalue weighted by Gasteiger charge is -2.27. The summed E-state index contributed by atoms with van der Waals surface area (Å²) in [7, 11) is 0. The molecule has 0 saturated carbocycles. The van der Waals surface area contributed by atoms with E-state index in [9.17, 15) is 4.79 Å². The Morgan fingerprint density at radius 2 is 2.38 bits per heavy atom. The van der Waals surface area contributed by atoms with Crippen LogP contribution < -0.4 is 0 Å². The smallest absolute Gasteiger partial charge is 0.259 e. The maximum absolute atomic E-state index is 12.3. The van der Waals surface area contributed by atoms with Gasteiger partial charge in [0.2, 0.25) is 5.22 Å². The quantitative estimate of drug-likeness (QED) is 0.796. The van der Waals surface area contributed by atoms with Crippen molar-refractivity contribution in [2.45, 2.75) is 45.2 Å². The SMILES string of the molecule is CCC1CCC(C)N1C(=O)c1ccoc1Cl. The molecule has 2 atom stereocenters. The standard InChI is InChI=1S/C12H16ClNO2/c1-3-9-5-4-8(2)14(9)12(15)10-6-7-16-11(10)13/h6-9H,3-5H2,1-2H3. The molecule has 1 aliphatic rings. The molecule has 1 amide bonds. The van der Waals surface area contributed by atoms with Crippen molar-refractivity contribution in [1.29, 1.82) is 0 Å². The lowest BCUT2D eigenvalue weighted by molar-refractivity contribution is 0.0676. The normalized spacial score (nSPS) is 25.1. The van der Waals surface area contributed by atoms with Crippen LogP contribution >= 0.6 is 11.6 Å². The first-order valence-corrected chi connectivity index (χ1v) is 6.08. The Labute approximate surface area is 100 Å². The first kappa shape index (κ1) is 11.5. The summed E-state index contributed by atoms with van der Waals surface area (Å²) >= 11 is 5.84. The number of hydrogen-bond acceptors (Lipinski definition) is 2. The number of halogens is 1. The van der Waals surface area contributed by atoms with Gasteiger partial charge >= 0.3 is 0 Å². The number of rotatable bonds is 2. The maximum atomic E-state index is 12.3. The third-order valence-electron chi connectivity index (χ3n) is 3.34. The van der Waals surface area contributed by atoms with Crippen molar-refractivity contribution < 1.29 is 9.21 Å². The van der Waals surface area contributed by atoms with Gasteiger partial charge in [-0.3, -0.25) is 4.79 Å². The third kappa shape index (κ3) is 1.84. The number of carbonyl (C=O) groups excluding carboxylic acids is 1. The number of amides is 1. The Bertz CT molecular complexity index is 388. The van der Waals surface area contributed by atoms with Gasteiger partial charge in [0, 0.05) is 12.1 Å². The van der Waals surface area contributed by atoms with Gasteiger partial charge in [-0.15, -0.1) is 0 Å². The van der Waals surface area contributed by atoms with Gasteiger partial charge in [-0.2, -0.15) is 0 Å². The van der Waals surface area contributed by atoms with E-state index in [0.717, 1.165) is 19.3 Å². The fourth-order valence-electron chi connectivity index (χ4n) is 2.42. The minimum absolute atomic E-state index is 0.00407. The summed E-state index contributed by atoms with van der Waals surface area (Å²) in [6.45, 7) is 4.20. The van der Waals surface area contributed by atoms with E-state index in [1.165, 1.54) is 6.26 Å². The molecule has 0 radical (unpaired) electrons. The van der Waals surface area contributed by atoms with Crippen LogP contribution in [0.5, 0.6) is 0 Å². The van der Waals surface area contributed by atoms with Crippen molar-refractivity contribution in [2.75, 3.05) is 0 Å². The molecule has 4 heteroatoms. The summed E-state index contributed by atoms with van der Waals surface area (Å²) in [6, 6.07) is 2.28. The summed E-state index contributed by atoms with van der Waals surface area (Å²) in [5.41, 5.74) is 0.480. The largest absolute Gasteiger partial charge is 0.452 e. The molecule has 1 aliphatic heterocycles. The molecule has 1 saturated heterocycles. The molecule has 2 unspecified atom stereocenters. The molecule has 0 aromatic carbocycles. The van der Waals surface area contributed by atoms with E-state index in [1.807, 2.05) is 4.90 Å². The van der Waals surface area contributed by atoms with E-state index in [0.29, 0.717) is 17.6 Å². The molecule has 88 valence electrons. The summed E-state index contributed by atoms with van der Waals surface area (Å²) < 4.78 is 4.97.